The number of benzene rings is 1. The molecule has 0 saturated carbocycles. The van der Waals surface area contributed by atoms with Crippen molar-refractivity contribution in [3.05, 3.63) is 69.2 Å². The molecule has 1 fully saturated rings. The molecule has 1 N–H and O–H groups in total. The van der Waals surface area contributed by atoms with Crippen LogP contribution in [0.25, 0.3) is 16.7 Å². The number of para-hydroxylation sites is 1. The SMILES string of the molecule is O=c1[nH]c(N2CCN(c3ncc(Cl)cc3Cl)CC2)nc2c1cnn2-c1ccccc1. The van der Waals surface area contributed by atoms with Crippen LogP contribution in [0, 0.1) is 0 Å². The summed E-state index contributed by atoms with van der Waals surface area (Å²) in [5, 5.41) is 5.84. The Balaban J connectivity index is 1.43. The van der Waals surface area contributed by atoms with Gasteiger partial charge in [-0.1, -0.05) is 41.4 Å². The van der Waals surface area contributed by atoms with E-state index in [-0.39, 0.29) is 5.56 Å². The summed E-state index contributed by atoms with van der Waals surface area (Å²) in [6, 6.07) is 11.3. The molecule has 0 bridgehead atoms. The summed E-state index contributed by atoms with van der Waals surface area (Å²) in [6.45, 7) is 2.70. The molecule has 0 radical (unpaired) electrons. The number of rotatable bonds is 3. The maximum atomic E-state index is 12.6. The van der Waals surface area contributed by atoms with Crippen LogP contribution in [0.3, 0.4) is 0 Å². The highest BCUT2D eigenvalue weighted by molar-refractivity contribution is 6.36. The lowest BCUT2D eigenvalue weighted by molar-refractivity contribution is 0.634. The lowest BCUT2D eigenvalue weighted by Gasteiger charge is -2.35. The zero-order chi connectivity index (χ0) is 20.7. The van der Waals surface area contributed by atoms with E-state index >= 15 is 0 Å². The van der Waals surface area contributed by atoms with Crippen LogP contribution in [0.5, 0.6) is 0 Å². The van der Waals surface area contributed by atoms with Crippen LogP contribution in [-0.4, -0.2) is 50.9 Å². The normalized spacial score (nSPS) is 14.5. The van der Waals surface area contributed by atoms with E-state index in [0.29, 0.717) is 59.0 Å². The standard InChI is InChI=1S/C20H17Cl2N7O/c21-13-10-16(22)18(23-11-13)27-6-8-28(9-7-27)20-25-17-15(19(30)26-20)12-24-29(17)14-4-2-1-3-5-14/h1-5,10-12H,6-9H2,(H,25,26,30). The third-order valence-corrected chi connectivity index (χ3v) is 5.58. The Bertz CT molecular complexity index is 1260. The second-order valence-corrected chi connectivity index (χ2v) is 7.80. The first kappa shape index (κ1) is 18.9. The summed E-state index contributed by atoms with van der Waals surface area (Å²) in [7, 11) is 0. The Morgan fingerprint density at radius 2 is 1.70 bits per heavy atom. The van der Waals surface area contributed by atoms with Gasteiger partial charge in [-0.15, -0.1) is 0 Å². The fraction of sp³-hybridized carbons (Fsp3) is 0.200. The zero-order valence-electron chi connectivity index (χ0n) is 15.8. The van der Waals surface area contributed by atoms with Crippen molar-refractivity contribution in [2.75, 3.05) is 36.0 Å². The monoisotopic (exact) mass is 441 g/mol. The van der Waals surface area contributed by atoms with Crippen LogP contribution in [-0.2, 0) is 0 Å². The van der Waals surface area contributed by atoms with Crippen molar-refractivity contribution < 1.29 is 0 Å². The molecule has 1 aliphatic rings. The highest BCUT2D eigenvalue weighted by atomic mass is 35.5. The van der Waals surface area contributed by atoms with Gasteiger partial charge in [0, 0.05) is 32.4 Å². The first-order valence-corrected chi connectivity index (χ1v) is 10.2. The quantitative estimate of drug-likeness (QED) is 0.525. The largest absolute Gasteiger partial charge is 0.352 e. The van der Waals surface area contributed by atoms with E-state index in [2.05, 4.69) is 20.0 Å². The summed E-state index contributed by atoms with van der Waals surface area (Å²) in [5.41, 5.74) is 1.18. The number of nitrogens with one attached hydrogen (secondary N) is 1. The highest BCUT2D eigenvalue weighted by Crippen LogP contribution is 2.27. The van der Waals surface area contributed by atoms with Crippen LogP contribution >= 0.6 is 23.2 Å². The number of piperazine rings is 1. The first-order valence-electron chi connectivity index (χ1n) is 9.44. The van der Waals surface area contributed by atoms with Crippen LogP contribution < -0.4 is 15.4 Å². The summed E-state index contributed by atoms with van der Waals surface area (Å²) in [6.07, 6.45) is 3.14. The third kappa shape index (κ3) is 3.38. The molecule has 10 heteroatoms. The van der Waals surface area contributed by atoms with Gasteiger partial charge in [-0.25, -0.2) is 9.67 Å². The third-order valence-electron chi connectivity index (χ3n) is 5.09. The van der Waals surface area contributed by atoms with Gasteiger partial charge in [0.1, 0.15) is 11.2 Å². The number of nitrogens with zero attached hydrogens (tertiary/aromatic N) is 6. The van der Waals surface area contributed by atoms with Crippen molar-refractivity contribution >= 4 is 46.0 Å². The molecular formula is C20H17Cl2N7O. The Morgan fingerprint density at radius 1 is 0.967 bits per heavy atom. The lowest BCUT2D eigenvalue weighted by atomic mass is 10.3. The molecule has 1 saturated heterocycles. The van der Waals surface area contributed by atoms with Gasteiger partial charge in [0.25, 0.3) is 5.56 Å². The van der Waals surface area contributed by atoms with Crippen LogP contribution in [0.4, 0.5) is 11.8 Å². The number of hydrogen-bond acceptors (Lipinski definition) is 6. The molecule has 5 rings (SSSR count). The van der Waals surface area contributed by atoms with Crippen molar-refractivity contribution in [2.24, 2.45) is 0 Å². The molecule has 1 aliphatic heterocycles. The number of pyridine rings is 1. The minimum absolute atomic E-state index is 0.206. The molecule has 4 aromatic rings. The smallest absolute Gasteiger partial charge is 0.263 e. The highest BCUT2D eigenvalue weighted by Gasteiger charge is 2.23. The number of fused-ring (bicyclic) bond motifs is 1. The van der Waals surface area contributed by atoms with E-state index in [9.17, 15) is 4.79 Å². The van der Waals surface area contributed by atoms with E-state index in [1.54, 1.807) is 23.1 Å². The molecule has 3 aromatic heterocycles. The molecule has 152 valence electrons. The van der Waals surface area contributed by atoms with Gasteiger partial charge < -0.3 is 9.80 Å². The van der Waals surface area contributed by atoms with E-state index in [0.717, 1.165) is 5.69 Å². The summed E-state index contributed by atoms with van der Waals surface area (Å²) < 4.78 is 1.68. The van der Waals surface area contributed by atoms with Gasteiger partial charge in [-0.2, -0.15) is 10.1 Å². The Kier molecular flexibility index (Phi) is 4.80. The molecule has 0 spiro atoms. The van der Waals surface area contributed by atoms with Gasteiger partial charge in [-0.3, -0.25) is 9.78 Å². The molecular weight excluding hydrogens is 425 g/mol. The Morgan fingerprint density at radius 3 is 2.43 bits per heavy atom. The second kappa shape index (κ2) is 7.62. The summed E-state index contributed by atoms with van der Waals surface area (Å²) in [5.74, 6) is 1.24. The van der Waals surface area contributed by atoms with E-state index in [1.807, 2.05) is 35.2 Å². The molecule has 8 nitrogen and oxygen atoms in total. The minimum atomic E-state index is -0.206. The average Bonchev–Trinajstić information content (AvgIpc) is 3.19. The topological polar surface area (TPSA) is 82.9 Å². The molecule has 0 aliphatic carbocycles. The predicted octanol–water partition coefficient (Wildman–Crippen LogP) is 3.14. The first-order chi connectivity index (χ1) is 14.6. The number of H-pyrrole nitrogens is 1. The number of aromatic nitrogens is 5. The maximum Gasteiger partial charge on any atom is 0.263 e. The Labute approximate surface area is 181 Å². The fourth-order valence-electron chi connectivity index (χ4n) is 3.58. The number of halogens is 2. The number of anilines is 2. The zero-order valence-corrected chi connectivity index (χ0v) is 17.3. The van der Waals surface area contributed by atoms with Crippen molar-refractivity contribution in [1.29, 1.82) is 0 Å². The van der Waals surface area contributed by atoms with Gasteiger partial charge in [0.15, 0.2) is 5.65 Å². The fourth-order valence-corrected chi connectivity index (χ4v) is 4.08. The molecule has 1 aromatic carbocycles. The van der Waals surface area contributed by atoms with Crippen LogP contribution in [0.1, 0.15) is 0 Å². The van der Waals surface area contributed by atoms with Crippen molar-refractivity contribution in [3.8, 4) is 5.69 Å². The van der Waals surface area contributed by atoms with Crippen molar-refractivity contribution in [2.45, 2.75) is 0 Å². The maximum absolute atomic E-state index is 12.6. The summed E-state index contributed by atoms with van der Waals surface area (Å²) in [4.78, 5) is 28.7. The van der Waals surface area contributed by atoms with Gasteiger partial charge in [-0.05, 0) is 18.2 Å². The molecule has 30 heavy (non-hydrogen) atoms. The van der Waals surface area contributed by atoms with Gasteiger partial charge >= 0.3 is 0 Å². The van der Waals surface area contributed by atoms with Gasteiger partial charge in [0.05, 0.1) is 21.9 Å². The van der Waals surface area contributed by atoms with E-state index in [4.69, 9.17) is 28.2 Å². The number of hydrogen-bond donors (Lipinski definition) is 1. The molecule has 0 unspecified atom stereocenters. The predicted molar refractivity (Wildman–Crippen MR) is 118 cm³/mol. The average molecular weight is 442 g/mol. The Hall–Kier alpha value is -3.10. The van der Waals surface area contributed by atoms with E-state index < -0.39 is 0 Å². The lowest BCUT2D eigenvalue weighted by Crippen LogP contribution is -2.47. The molecule has 0 amide bonds. The number of aromatic amines is 1. The van der Waals surface area contributed by atoms with Crippen LogP contribution in [0.15, 0.2) is 53.6 Å². The van der Waals surface area contributed by atoms with Crippen molar-refractivity contribution in [1.82, 2.24) is 24.7 Å². The van der Waals surface area contributed by atoms with Crippen molar-refractivity contribution in [3.63, 3.8) is 0 Å². The second-order valence-electron chi connectivity index (χ2n) is 6.95. The minimum Gasteiger partial charge on any atom is -0.352 e. The summed E-state index contributed by atoms with van der Waals surface area (Å²) >= 11 is 12.2. The molecule has 4 heterocycles. The molecule has 0 atom stereocenters. The van der Waals surface area contributed by atoms with Gasteiger partial charge in [0.2, 0.25) is 5.95 Å². The van der Waals surface area contributed by atoms with E-state index in [1.165, 1.54) is 0 Å². The van der Waals surface area contributed by atoms with Crippen LogP contribution in [0.2, 0.25) is 10.0 Å².